The maximum absolute atomic E-state index is 13.0. The lowest BCUT2D eigenvalue weighted by molar-refractivity contribution is 0.346. The number of hydrogen-bond donors (Lipinski definition) is 1. The number of para-hydroxylation sites is 1. The van der Waals surface area contributed by atoms with E-state index in [2.05, 4.69) is 15.3 Å². The van der Waals surface area contributed by atoms with Crippen LogP contribution in [0.25, 0.3) is 11.3 Å². The maximum atomic E-state index is 13.0. The van der Waals surface area contributed by atoms with Crippen LogP contribution >= 0.6 is 0 Å². The van der Waals surface area contributed by atoms with Crippen LogP contribution in [-0.2, 0) is 10.0 Å². The summed E-state index contributed by atoms with van der Waals surface area (Å²) in [6.07, 6.45) is 4.36. The van der Waals surface area contributed by atoms with Gasteiger partial charge in [-0.2, -0.15) is 4.31 Å². The molecule has 8 heteroatoms. The number of sulfonamides is 1. The van der Waals surface area contributed by atoms with E-state index in [4.69, 9.17) is 4.74 Å². The first-order valence-corrected chi connectivity index (χ1v) is 11.3. The molecular formula is C22H24N4O3S. The molecule has 7 nitrogen and oxygen atoms in total. The fourth-order valence-corrected chi connectivity index (χ4v) is 5.13. The minimum Gasteiger partial charge on any atom is -0.496 e. The van der Waals surface area contributed by atoms with Gasteiger partial charge in [-0.3, -0.25) is 0 Å². The van der Waals surface area contributed by atoms with Gasteiger partial charge < -0.3 is 10.1 Å². The molecule has 1 fully saturated rings. The van der Waals surface area contributed by atoms with Crippen molar-refractivity contribution in [2.75, 3.05) is 25.5 Å². The van der Waals surface area contributed by atoms with Gasteiger partial charge in [0.1, 0.15) is 17.9 Å². The molecule has 0 spiro atoms. The average molecular weight is 425 g/mol. The van der Waals surface area contributed by atoms with E-state index in [9.17, 15) is 8.42 Å². The van der Waals surface area contributed by atoms with Gasteiger partial charge in [0, 0.05) is 30.4 Å². The Bertz CT molecular complexity index is 1130. The predicted octanol–water partition coefficient (Wildman–Crippen LogP) is 4.07. The molecule has 4 rings (SSSR count). The normalized spacial score (nSPS) is 15.0. The molecule has 1 aliphatic rings. The number of benzene rings is 2. The third-order valence-corrected chi connectivity index (χ3v) is 7.00. The molecule has 2 aromatic carbocycles. The minimum atomic E-state index is -3.49. The van der Waals surface area contributed by atoms with Crippen molar-refractivity contribution in [3.05, 3.63) is 60.9 Å². The Labute approximate surface area is 176 Å². The fraction of sp³-hybridized carbons (Fsp3) is 0.273. The van der Waals surface area contributed by atoms with Crippen molar-refractivity contribution in [3.8, 4) is 17.0 Å². The first-order chi connectivity index (χ1) is 14.6. The summed E-state index contributed by atoms with van der Waals surface area (Å²) in [5, 5.41) is 3.19. The summed E-state index contributed by atoms with van der Waals surface area (Å²) < 4.78 is 32.9. The number of aromatic nitrogens is 2. The molecule has 30 heavy (non-hydrogen) atoms. The molecule has 1 aliphatic heterocycles. The van der Waals surface area contributed by atoms with Crippen LogP contribution in [0.3, 0.4) is 0 Å². The molecule has 1 saturated heterocycles. The Hall–Kier alpha value is -2.97. The van der Waals surface area contributed by atoms with Gasteiger partial charge in [-0.05, 0) is 43.2 Å². The van der Waals surface area contributed by atoms with E-state index in [0.29, 0.717) is 30.3 Å². The van der Waals surface area contributed by atoms with Gasteiger partial charge in [0.15, 0.2) is 0 Å². The van der Waals surface area contributed by atoms with Gasteiger partial charge in [-0.25, -0.2) is 18.4 Å². The van der Waals surface area contributed by atoms with Crippen molar-refractivity contribution in [1.29, 1.82) is 0 Å². The standard InChI is InChI=1S/C22H24N4O3S/c1-29-21-11-4-3-10-19(21)20-15-22(24-16-23-20)25-17-8-7-9-18(14-17)30(27,28)26-12-5-2-6-13-26/h3-4,7-11,14-16H,2,5-6,12-13H2,1H3,(H,23,24,25). The summed E-state index contributed by atoms with van der Waals surface area (Å²) in [6, 6.07) is 16.3. The number of hydrogen-bond acceptors (Lipinski definition) is 6. The molecule has 0 radical (unpaired) electrons. The van der Waals surface area contributed by atoms with Crippen LogP contribution < -0.4 is 10.1 Å². The molecular weight excluding hydrogens is 400 g/mol. The van der Waals surface area contributed by atoms with Crippen LogP contribution in [0.1, 0.15) is 19.3 Å². The maximum Gasteiger partial charge on any atom is 0.243 e. The zero-order chi connectivity index (χ0) is 21.0. The van der Waals surface area contributed by atoms with Crippen molar-refractivity contribution >= 4 is 21.5 Å². The SMILES string of the molecule is COc1ccccc1-c1cc(Nc2cccc(S(=O)(=O)N3CCCCC3)c2)ncn1. The monoisotopic (exact) mass is 424 g/mol. The van der Waals surface area contributed by atoms with Gasteiger partial charge in [-0.15, -0.1) is 0 Å². The van der Waals surface area contributed by atoms with Crippen LogP contribution in [0, 0.1) is 0 Å². The summed E-state index contributed by atoms with van der Waals surface area (Å²) >= 11 is 0. The summed E-state index contributed by atoms with van der Waals surface area (Å²) in [5.41, 5.74) is 2.21. The smallest absolute Gasteiger partial charge is 0.243 e. The largest absolute Gasteiger partial charge is 0.496 e. The lowest BCUT2D eigenvalue weighted by atomic mass is 10.1. The Kier molecular flexibility index (Phi) is 5.96. The molecule has 2 heterocycles. The molecule has 1 N–H and O–H groups in total. The van der Waals surface area contributed by atoms with Crippen LogP contribution in [0.15, 0.2) is 65.8 Å². The van der Waals surface area contributed by atoms with Crippen LogP contribution in [-0.4, -0.2) is 42.9 Å². The molecule has 0 aliphatic carbocycles. The number of nitrogens with one attached hydrogen (secondary N) is 1. The van der Waals surface area contributed by atoms with E-state index < -0.39 is 10.0 Å². The average Bonchev–Trinajstić information content (AvgIpc) is 2.80. The summed E-state index contributed by atoms with van der Waals surface area (Å²) in [7, 11) is -1.87. The highest BCUT2D eigenvalue weighted by molar-refractivity contribution is 7.89. The molecule has 0 bridgehead atoms. The first kappa shape index (κ1) is 20.3. The Morgan fingerprint density at radius 2 is 1.77 bits per heavy atom. The quantitative estimate of drug-likeness (QED) is 0.642. The molecule has 156 valence electrons. The highest BCUT2D eigenvalue weighted by atomic mass is 32.2. The van der Waals surface area contributed by atoms with E-state index >= 15 is 0 Å². The van der Waals surface area contributed by atoms with Crippen molar-refractivity contribution in [3.63, 3.8) is 0 Å². The number of piperidine rings is 1. The van der Waals surface area contributed by atoms with Crippen LogP contribution in [0.2, 0.25) is 0 Å². The van der Waals surface area contributed by atoms with Crippen molar-refractivity contribution in [2.45, 2.75) is 24.2 Å². The fourth-order valence-electron chi connectivity index (χ4n) is 3.57. The third kappa shape index (κ3) is 4.29. The highest BCUT2D eigenvalue weighted by Crippen LogP contribution is 2.30. The molecule has 1 aromatic heterocycles. The predicted molar refractivity (Wildman–Crippen MR) is 116 cm³/mol. The van der Waals surface area contributed by atoms with E-state index in [1.807, 2.05) is 36.4 Å². The van der Waals surface area contributed by atoms with Gasteiger partial charge >= 0.3 is 0 Å². The summed E-state index contributed by atoms with van der Waals surface area (Å²) in [5.74, 6) is 1.29. The Morgan fingerprint density at radius 1 is 0.967 bits per heavy atom. The lowest BCUT2D eigenvalue weighted by Gasteiger charge is -2.26. The van der Waals surface area contributed by atoms with Gasteiger partial charge in [0.25, 0.3) is 0 Å². The topological polar surface area (TPSA) is 84.4 Å². The second-order valence-electron chi connectivity index (χ2n) is 7.11. The number of rotatable bonds is 6. The molecule has 0 amide bonds. The van der Waals surface area contributed by atoms with E-state index in [-0.39, 0.29) is 4.90 Å². The number of nitrogens with zero attached hydrogens (tertiary/aromatic N) is 3. The molecule has 0 saturated carbocycles. The van der Waals surface area contributed by atoms with Gasteiger partial charge in [0.05, 0.1) is 17.7 Å². The molecule has 0 atom stereocenters. The summed E-state index contributed by atoms with van der Waals surface area (Å²) in [4.78, 5) is 8.90. The second-order valence-corrected chi connectivity index (χ2v) is 9.04. The summed E-state index contributed by atoms with van der Waals surface area (Å²) in [6.45, 7) is 1.16. The minimum absolute atomic E-state index is 0.286. The van der Waals surface area contributed by atoms with Crippen LogP contribution in [0.4, 0.5) is 11.5 Å². The lowest BCUT2D eigenvalue weighted by Crippen LogP contribution is -2.35. The van der Waals surface area contributed by atoms with Crippen molar-refractivity contribution in [2.24, 2.45) is 0 Å². The zero-order valence-corrected chi connectivity index (χ0v) is 17.6. The first-order valence-electron chi connectivity index (χ1n) is 9.90. The van der Waals surface area contributed by atoms with E-state index in [1.54, 1.807) is 29.6 Å². The molecule has 3 aromatic rings. The van der Waals surface area contributed by atoms with Gasteiger partial charge in [0.2, 0.25) is 10.0 Å². The van der Waals surface area contributed by atoms with Crippen molar-refractivity contribution in [1.82, 2.24) is 14.3 Å². The van der Waals surface area contributed by atoms with Crippen molar-refractivity contribution < 1.29 is 13.2 Å². The van der Waals surface area contributed by atoms with Crippen LogP contribution in [0.5, 0.6) is 5.75 Å². The number of anilines is 2. The highest BCUT2D eigenvalue weighted by Gasteiger charge is 2.26. The number of ether oxygens (including phenoxy) is 1. The van der Waals surface area contributed by atoms with Gasteiger partial charge in [-0.1, -0.05) is 24.6 Å². The Balaban J connectivity index is 1.59. The molecule has 0 unspecified atom stereocenters. The third-order valence-electron chi connectivity index (χ3n) is 5.11. The Morgan fingerprint density at radius 3 is 2.57 bits per heavy atom. The number of methoxy groups -OCH3 is 1. The zero-order valence-electron chi connectivity index (χ0n) is 16.8. The van der Waals surface area contributed by atoms with E-state index in [0.717, 1.165) is 30.6 Å². The van der Waals surface area contributed by atoms with E-state index in [1.165, 1.54) is 6.33 Å². The second kappa shape index (κ2) is 8.81.